The summed E-state index contributed by atoms with van der Waals surface area (Å²) in [6.07, 6.45) is 1.48. The summed E-state index contributed by atoms with van der Waals surface area (Å²) in [4.78, 5) is 54.8. The van der Waals surface area contributed by atoms with E-state index in [1.165, 1.54) is 0 Å². The molecule has 10 N–H and O–H groups in total. The van der Waals surface area contributed by atoms with Crippen molar-refractivity contribution in [2.45, 2.75) is 77.5 Å². The normalized spacial score (nSPS) is 14.9. The summed E-state index contributed by atoms with van der Waals surface area (Å²) >= 11 is 0. The number of carboxylic acid groups (broad SMARTS) is 1. The average molecular weight is 534 g/mol. The monoisotopic (exact) mass is 533 g/mol. The van der Waals surface area contributed by atoms with Gasteiger partial charge in [0.1, 0.15) is 18.1 Å². The Hall–Kier alpha value is -3.67. The highest BCUT2D eigenvalue weighted by Crippen LogP contribution is 2.11. The third kappa shape index (κ3) is 11.2. The van der Waals surface area contributed by atoms with Gasteiger partial charge in [0.2, 0.25) is 17.7 Å². The van der Waals surface area contributed by atoms with E-state index in [9.17, 15) is 24.3 Å². The highest BCUT2D eigenvalue weighted by molar-refractivity contribution is 5.94. The summed E-state index contributed by atoms with van der Waals surface area (Å²) in [6, 6.07) is 5.06. The molecule has 0 bridgehead atoms. The van der Waals surface area contributed by atoms with Gasteiger partial charge in [-0.15, -0.1) is 0 Å². The van der Waals surface area contributed by atoms with E-state index in [4.69, 9.17) is 17.2 Å². The lowest BCUT2D eigenvalue weighted by molar-refractivity contribution is -0.144. The molecule has 38 heavy (non-hydrogen) atoms. The molecule has 0 aliphatic heterocycles. The molecule has 0 radical (unpaired) electrons. The molecule has 5 unspecified atom stereocenters. The number of nitrogens with two attached hydrogens (primary N) is 3. The summed E-state index contributed by atoms with van der Waals surface area (Å²) in [5.41, 5.74) is 17.4. The van der Waals surface area contributed by atoms with Crippen molar-refractivity contribution < 1.29 is 24.3 Å². The fourth-order valence-electron chi connectivity index (χ4n) is 3.70. The molecule has 1 aromatic carbocycles. The summed E-state index contributed by atoms with van der Waals surface area (Å²) in [5, 5.41) is 17.5. The van der Waals surface area contributed by atoms with Gasteiger partial charge in [0.05, 0.1) is 6.04 Å². The van der Waals surface area contributed by atoms with Crippen LogP contribution in [0.3, 0.4) is 0 Å². The molecule has 1 aromatic rings. The Morgan fingerprint density at radius 3 is 2.05 bits per heavy atom. The van der Waals surface area contributed by atoms with Crippen LogP contribution >= 0.6 is 0 Å². The van der Waals surface area contributed by atoms with Crippen LogP contribution in [0, 0.1) is 11.8 Å². The van der Waals surface area contributed by atoms with Crippen LogP contribution in [0.4, 0.5) is 0 Å². The first kappa shape index (κ1) is 32.4. The van der Waals surface area contributed by atoms with Gasteiger partial charge >= 0.3 is 5.97 Å². The Bertz CT molecular complexity index is 951. The summed E-state index contributed by atoms with van der Waals surface area (Å²) in [5.74, 6) is -3.58. The van der Waals surface area contributed by atoms with Gasteiger partial charge < -0.3 is 38.3 Å². The molecule has 12 nitrogen and oxygen atoms in total. The number of rotatable bonds is 16. The van der Waals surface area contributed by atoms with Gasteiger partial charge in [-0.1, -0.05) is 64.4 Å². The summed E-state index contributed by atoms with van der Waals surface area (Å²) < 4.78 is 0. The van der Waals surface area contributed by atoms with Crippen molar-refractivity contribution >= 4 is 29.7 Å². The molecule has 0 heterocycles. The molecular weight excluding hydrogens is 490 g/mol. The Balaban J connectivity index is 3.03. The number of carboxylic acids is 1. The fraction of sp³-hybridized carbons (Fsp3) is 0.577. The first-order valence-corrected chi connectivity index (χ1v) is 12.9. The molecular formula is C26H43N7O5. The number of amides is 3. The molecule has 0 aliphatic rings. The smallest absolute Gasteiger partial charge is 0.326 e. The molecule has 5 atom stereocenters. The van der Waals surface area contributed by atoms with Gasteiger partial charge in [-0.25, -0.2) is 4.79 Å². The van der Waals surface area contributed by atoms with Crippen LogP contribution in [0.5, 0.6) is 0 Å². The Morgan fingerprint density at radius 1 is 0.921 bits per heavy atom. The van der Waals surface area contributed by atoms with Crippen LogP contribution in [0.25, 0.3) is 0 Å². The summed E-state index contributed by atoms with van der Waals surface area (Å²) in [6.45, 7) is 7.35. The maximum atomic E-state index is 13.4. The van der Waals surface area contributed by atoms with Crippen LogP contribution in [0.15, 0.2) is 35.3 Å². The van der Waals surface area contributed by atoms with Crippen LogP contribution in [-0.2, 0) is 25.6 Å². The van der Waals surface area contributed by atoms with Crippen molar-refractivity contribution in [3.63, 3.8) is 0 Å². The highest BCUT2D eigenvalue weighted by Gasteiger charge is 2.33. The van der Waals surface area contributed by atoms with E-state index < -0.39 is 47.9 Å². The number of carbonyl (C=O) groups excluding carboxylic acids is 3. The maximum Gasteiger partial charge on any atom is 0.326 e. The van der Waals surface area contributed by atoms with Gasteiger partial charge in [-0.2, -0.15) is 0 Å². The van der Waals surface area contributed by atoms with Crippen molar-refractivity contribution in [1.29, 1.82) is 0 Å². The number of aliphatic imine (C=N–C) groups is 1. The van der Waals surface area contributed by atoms with Crippen molar-refractivity contribution in [2.75, 3.05) is 6.54 Å². The van der Waals surface area contributed by atoms with Gasteiger partial charge in [-0.3, -0.25) is 19.4 Å². The molecule has 1 rings (SSSR count). The number of aliphatic carboxylic acids is 1. The molecule has 0 aromatic heterocycles. The van der Waals surface area contributed by atoms with Crippen LogP contribution < -0.4 is 33.2 Å². The molecule has 0 aliphatic carbocycles. The predicted octanol–water partition coefficient (Wildman–Crippen LogP) is -0.149. The lowest BCUT2D eigenvalue weighted by atomic mass is 9.97. The lowest BCUT2D eigenvalue weighted by Gasteiger charge is -2.28. The van der Waals surface area contributed by atoms with Crippen molar-refractivity contribution in [2.24, 2.45) is 34.0 Å². The van der Waals surface area contributed by atoms with E-state index >= 15 is 0 Å². The zero-order chi connectivity index (χ0) is 28.8. The Labute approximate surface area is 224 Å². The number of guanidine groups is 1. The van der Waals surface area contributed by atoms with Crippen LogP contribution in [0.2, 0.25) is 0 Å². The van der Waals surface area contributed by atoms with Crippen molar-refractivity contribution in [1.82, 2.24) is 16.0 Å². The Kier molecular flexibility index (Phi) is 13.8. The zero-order valence-electron chi connectivity index (χ0n) is 22.6. The third-order valence-electron chi connectivity index (χ3n) is 6.24. The standard InChI is InChI=1S/C26H43N7O5/c1-5-16(4)21(25(37)38)33-24(36)20(15(2)3)32-23(35)19(14-17-10-7-6-8-11-17)31-22(34)18(27)12-9-13-30-26(28)29/h6-8,10-11,15-16,18-21H,5,9,12-14,27H2,1-4H3,(H,31,34)(H,32,35)(H,33,36)(H,37,38)(H4,28,29,30). The molecule has 0 fully saturated rings. The van der Waals surface area contributed by atoms with E-state index in [-0.39, 0.29) is 24.2 Å². The molecule has 0 saturated carbocycles. The number of nitrogens with one attached hydrogen (secondary N) is 3. The first-order valence-electron chi connectivity index (χ1n) is 12.9. The molecule has 0 saturated heterocycles. The quantitative estimate of drug-likeness (QED) is 0.0859. The summed E-state index contributed by atoms with van der Waals surface area (Å²) in [7, 11) is 0. The van der Waals surface area contributed by atoms with Crippen molar-refractivity contribution in [3.8, 4) is 0 Å². The van der Waals surface area contributed by atoms with Gasteiger partial charge in [0.25, 0.3) is 0 Å². The maximum absolute atomic E-state index is 13.4. The fourth-order valence-corrected chi connectivity index (χ4v) is 3.70. The second-order valence-electron chi connectivity index (χ2n) is 9.75. The number of hydrogen-bond donors (Lipinski definition) is 7. The van der Waals surface area contributed by atoms with E-state index in [0.717, 1.165) is 5.56 Å². The largest absolute Gasteiger partial charge is 0.480 e. The van der Waals surface area contributed by atoms with E-state index in [2.05, 4.69) is 20.9 Å². The molecule has 212 valence electrons. The number of carbonyl (C=O) groups is 4. The predicted molar refractivity (Wildman–Crippen MR) is 146 cm³/mol. The Morgan fingerprint density at radius 2 is 1.53 bits per heavy atom. The molecule has 12 heteroatoms. The minimum absolute atomic E-state index is 0.0508. The first-order chi connectivity index (χ1) is 17.9. The second-order valence-corrected chi connectivity index (χ2v) is 9.75. The van der Waals surface area contributed by atoms with Crippen LogP contribution in [-0.4, -0.2) is 65.5 Å². The second kappa shape index (κ2) is 16.2. The SMILES string of the molecule is CCC(C)C(NC(=O)C(NC(=O)C(Cc1ccccc1)NC(=O)C(N)CCCN=C(N)N)C(C)C)C(=O)O. The van der Waals surface area contributed by atoms with Gasteiger partial charge in [0, 0.05) is 13.0 Å². The van der Waals surface area contributed by atoms with E-state index in [0.29, 0.717) is 25.8 Å². The van der Waals surface area contributed by atoms with E-state index in [1.54, 1.807) is 20.8 Å². The average Bonchev–Trinajstić information content (AvgIpc) is 2.86. The molecule has 0 spiro atoms. The molecule has 3 amide bonds. The van der Waals surface area contributed by atoms with Crippen LogP contribution in [0.1, 0.15) is 52.5 Å². The lowest BCUT2D eigenvalue weighted by Crippen LogP contribution is -2.59. The minimum Gasteiger partial charge on any atom is -0.480 e. The van der Waals surface area contributed by atoms with Gasteiger partial charge in [-0.05, 0) is 30.2 Å². The number of nitrogens with zero attached hydrogens (tertiary/aromatic N) is 1. The zero-order valence-corrected chi connectivity index (χ0v) is 22.6. The third-order valence-corrected chi connectivity index (χ3v) is 6.24. The number of hydrogen-bond acceptors (Lipinski definition) is 6. The minimum atomic E-state index is -1.15. The van der Waals surface area contributed by atoms with E-state index in [1.807, 2.05) is 37.3 Å². The number of benzene rings is 1. The van der Waals surface area contributed by atoms with Crippen molar-refractivity contribution in [3.05, 3.63) is 35.9 Å². The highest BCUT2D eigenvalue weighted by atomic mass is 16.4. The topological polar surface area (TPSA) is 215 Å². The van der Waals surface area contributed by atoms with Gasteiger partial charge in [0.15, 0.2) is 5.96 Å².